The molecule has 0 aliphatic carbocycles. The summed E-state index contributed by atoms with van der Waals surface area (Å²) in [4.78, 5) is 12.8. The Morgan fingerprint density at radius 1 is 1.00 bits per heavy atom. The zero-order valence-corrected chi connectivity index (χ0v) is 14.4. The molecule has 0 saturated heterocycles. The molecule has 4 aromatic rings. The number of benzene rings is 3. The molecule has 1 amide bonds. The van der Waals surface area contributed by atoms with Crippen LogP contribution in [0.4, 0.5) is 5.69 Å². The summed E-state index contributed by atoms with van der Waals surface area (Å²) in [5.74, 6) is -0.338. The molecule has 0 saturated carbocycles. The standard InChI is InChI=1S/C22H18N2O2/c1-2-14-7-4-6-10-19(14)24-22(25)18-13-17-16-9-5-3-8-15(16)11-12-20(17)26-21(18)23/h3-13,23H,2H2,1H3,(H,24,25). The van der Waals surface area contributed by atoms with Gasteiger partial charge in [0.05, 0.1) is 0 Å². The molecular weight excluding hydrogens is 324 g/mol. The quantitative estimate of drug-likeness (QED) is 0.521. The number of carbonyl (C=O) groups is 1. The molecule has 4 rings (SSSR count). The molecule has 2 N–H and O–H groups in total. The van der Waals surface area contributed by atoms with Gasteiger partial charge >= 0.3 is 0 Å². The molecule has 26 heavy (non-hydrogen) atoms. The van der Waals surface area contributed by atoms with Crippen LogP contribution in [0.15, 0.2) is 71.1 Å². The Morgan fingerprint density at radius 2 is 1.77 bits per heavy atom. The van der Waals surface area contributed by atoms with Gasteiger partial charge in [0.15, 0.2) is 0 Å². The number of fused-ring (bicyclic) bond motifs is 3. The Bertz CT molecular complexity index is 1190. The van der Waals surface area contributed by atoms with E-state index in [1.165, 1.54) is 0 Å². The first-order valence-corrected chi connectivity index (χ1v) is 8.57. The van der Waals surface area contributed by atoms with E-state index in [9.17, 15) is 4.79 Å². The summed E-state index contributed by atoms with van der Waals surface area (Å²) < 4.78 is 5.62. The highest BCUT2D eigenvalue weighted by Gasteiger charge is 2.14. The molecule has 1 heterocycles. The third kappa shape index (κ3) is 2.75. The maximum Gasteiger partial charge on any atom is 0.261 e. The van der Waals surface area contributed by atoms with Crippen molar-refractivity contribution < 1.29 is 9.21 Å². The maximum atomic E-state index is 12.8. The van der Waals surface area contributed by atoms with E-state index in [0.717, 1.165) is 33.8 Å². The van der Waals surface area contributed by atoms with Crippen LogP contribution in [0.25, 0.3) is 21.7 Å². The number of anilines is 1. The van der Waals surface area contributed by atoms with Gasteiger partial charge < -0.3 is 9.73 Å². The van der Waals surface area contributed by atoms with E-state index < -0.39 is 0 Å². The number of para-hydroxylation sites is 1. The van der Waals surface area contributed by atoms with Gasteiger partial charge in [0.25, 0.3) is 5.91 Å². The topological polar surface area (TPSA) is 66.1 Å². The minimum absolute atomic E-state index is 0.140. The Balaban J connectivity index is 1.83. The second-order valence-corrected chi connectivity index (χ2v) is 6.15. The molecule has 0 aliphatic rings. The summed E-state index contributed by atoms with van der Waals surface area (Å²) in [6.45, 7) is 2.04. The van der Waals surface area contributed by atoms with Gasteiger partial charge in [-0.2, -0.15) is 0 Å². The van der Waals surface area contributed by atoms with E-state index in [0.29, 0.717) is 5.58 Å². The van der Waals surface area contributed by atoms with Crippen LogP contribution >= 0.6 is 0 Å². The Labute approximate surface area is 150 Å². The maximum absolute atomic E-state index is 12.8. The predicted octanol–water partition coefficient (Wildman–Crippen LogP) is 4.88. The highest BCUT2D eigenvalue weighted by molar-refractivity contribution is 6.10. The Hall–Kier alpha value is -3.40. The Morgan fingerprint density at radius 3 is 2.62 bits per heavy atom. The average molecular weight is 342 g/mol. The number of hydrogen-bond donors (Lipinski definition) is 2. The SMILES string of the molecule is CCc1ccccc1NC(=O)c1cc2c(ccc3ccccc32)oc1=N. The van der Waals surface area contributed by atoms with Crippen molar-refractivity contribution in [1.82, 2.24) is 0 Å². The smallest absolute Gasteiger partial charge is 0.261 e. The molecule has 0 aliphatic heterocycles. The number of nitrogens with one attached hydrogen (secondary N) is 2. The molecule has 128 valence electrons. The van der Waals surface area contributed by atoms with Gasteiger partial charge in [0, 0.05) is 11.1 Å². The highest BCUT2D eigenvalue weighted by Crippen LogP contribution is 2.25. The normalized spacial score (nSPS) is 11.0. The van der Waals surface area contributed by atoms with Crippen molar-refractivity contribution in [1.29, 1.82) is 5.41 Å². The van der Waals surface area contributed by atoms with Crippen molar-refractivity contribution in [2.45, 2.75) is 13.3 Å². The van der Waals surface area contributed by atoms with Crippen molar-refractivity contribution in [3.8, 4) is 0 Å². The van der Waals surface area contributed by atoms with Crippen molar-refractivity contribution in [3.63, 3.8) is 0 Å². The van der Waals surface area contributed by atoms with Crippen LogP contribution in [0.1, 0.15) is 22.8 Å². The minimum atomic E-state index is -0.338. The fourth-order valence-corrected chi connectivity index (χ4v) is 3.20. The molecule has 0 atom stereocenters. The van der Waals surface area contributed by atoms with Gasteiger partial charge in [-0.15, -0.1) is 0 Å². The zero-order chi connectivity index (χ0) is 18.1. The summed E-state index contributed by atoms with van der Waals surface area (Å²) in [6, 6.07) is 21.1. The van der Waals surface area contributed by atoms with Gasteiger partial charge in [-0.25, -0.2) is 0 Å². The lowest BCUT2D eigenvalue weighted by Crippen LogP contribution is -2.21. The molecule has 0 spiro atoms. The summed E-state index contributed by atoms with van der Waals surface area (Å²) in [5, 5.41) is 13.9. The summed E-state index contributed by atoms with van der Waals surface area (Å²) in [6.07, 6.45) is 0.816. The van der Waals surface area contributed by atoms with Crippen LogP contribution in [0, 0.1) is 5.41 Å². The Kier molecular flexibility index (Phi) is 4.01. The molecule has 4 heteroatoms. The third-order valence-electron chi connectivity index (χ3n) is 4.57. The predicted molar refractivity (Wildman–Crippen MR) is 103 cm³/mol. The molecule has 0 unspecified atom stereocenters. The minimum Gasteiger partial charge on any atom is -0.438 e. The van der Waals surface area contributed by atoms with Gasteiger partial charge in [0.2, 0.25) is 5.55 Å². The van der Waals surface area contributed by atoms with Crippen LogP contribution in [-0.4, -0.2) is 5.91 Å². The van der Waals surface area contributed by atoms with Crippen molar-refractivity contribution in [2.75, 3.05) is 5.32 Å². The first-order valence-electron chi connectivity index (χ1n) is 8.57. The van der Waals surface area contributed by atoms with Gasteiger partial charge in [-0.05, 0) is 41.0 Å². The first kappa shape index (κ1) is 16.1. The molecule has 4 nitrogen and oxygen atoms in total. The fourth-order valence-electron chi connectivity index (χ4n) is 3.20. The van der Waals surface area contributed by atoms with E-state index in [1.807, 2.05) is 67.6 Å². The zero-order valence-electron chi connectivity index (χ0n) is 14.4. The van der Waals surface area contributed by atoms with E-state index in [2.05, 4.69) is 5.32 Å². The van der Waals surface area contributed by atoms with Crippen LogP contribution in [-0.2, 0) is 6.42 Å². The van der Waals surface area contributed by atoms with Gasteiger partial charge in [-0.3, -0.25) is 10.2 Å². The molecule has 0 radical (unpaired) electrons. The molecule has 0 bridgehead atoms. The average Bonchev–Trinajstić information content (AvgIpc) is 2.67. The largest absolute Gasteiger partial charge is 0.438 e. The molecular formula is C22H18N2O2. The van der Waals surface area contributed by atoms with E-state index >= 15 is 0 Å². The van der Waals surface area contributed by atoms with Gasteiger partial charge in [0.1, 0.15) is 11.1 Å². The third-order valence-corrected chi connectivity index (χ3v) is 4.57. The lowest BCUT2D eigenvalue weighted by Gasteiger charge is -2.10. The number of aryl methyl sites for hydroxylation is 1. The van der Waals surface area contributed by atoms with Crippen molar-refractivity contribution in [2.24, 2.45) is 0 Å². The summed E-state index contributed by atoms with van der Waals surface area (Å²) in [7, 11) is 0. The van der Waals surface area contributed by atoms with Crippen LogP contribution in [0.5, 0.6) is 0 Å². The first-order chi connectivity index (χ1) is 12.7. The lowest BCUT2D eigenvalue weighted by molar-refractivity contribution is 0.102. The van der Waals surface area contributed by atoms with Crippen molar-refractivity contribution in [3.05, 3.63) is 83.4 Å². The van der Waals surface area contributed by atoms with Crippen LogP contribution < -0.4 is 10.9 Å². The monoisotopic (exact) mass is 342 g/mol. The summed E-state index contributed by atoms with van der Waals surface area (Å²) in [5.41, 5.74) is 2.49. The van der Waals surface area contributed by atoms with Crippen LogP contribution in [0.3, 0.4) is 0 Å². The van der Waals surface area contributed by atoms with E-state index in [1.54, 1.807) is 6.07 Å². The second kappa shape index (κ2) is 6.48. The van der Waals surface area contributed by atoms with Gasteiger partial charge in [-0.1, -0.05) is 55.5 Å². The fraction of sp³-hybridized carbons (Fsp3) is 0.0909. The number of carbonyl (C=O) groups excluding carboxylic acids is 1. The molecule has 1 aromatic heterocycles. The number of rotatable bonds is 3. The highest BCUT2D eigenvalue weighted by atomic mass is 16.3. The van der Waals surface area contributed by atoms with Crippen LogP contribution in [0.2, 0.25) is 0 Å². The van der Waals surface area contributed by atoms with E-state index in [-0.39, 0.29) is 17.0 Å². The second-order valence-electron chi connectivity index (χ2n) is 6.15. The molecule has 3 aromatic carbocycles. The summed E-state index contributed by atoms with van der Waals surface area (Å²) >= 11 is 0. The van der Waals surface area contributed by atoms with E-state index in [4.69, 9.17) is 9.83 Å². The molecule has 0 fully saturated rings. The number of hydrogen-bond acceptors (Lipinski definition) is 3. The number of amides is 1. The van der Waals surface area contributed by atoms with Crippen molar-refractivity contribution >= 4 is 33.3 Å². The lowest BCUT2D eigenvalue weighted by atomic mass is 10.0.